The van der Waals surface area contributed by atoms with Gasteiger partial charge in [-0.15, -0.1) is 0 Å². The molecular formula is C18H15F3N4O2. The normalized spacial score (nSPS) is 14.0. The Morgan fingerprint density at radius 1 is 1.07 bits per heavy atom. The van der Waals surface area contributed by atoms with Crippen molar-refractivity contribution in [1.29, 1.82) is 0 Å². The van der Waals surface area contributed by atoms with Gasteiger partial charge in [-0.3, -0.25) is 0 Å². The molecular weight excluding hydrogens is 361 g/mol. The molecule has 140 valence electrons. The Bertz CT molecular complexity index is 1030. The van der Waals surface area contributed by atoms with Crippen molar-refractivity contribution in [3.63, 3.8) is 0 Å². The van der Waals surface area contributed by atoms with Crippen LogP contribution in [0.2, 0.25) is 0 Å². The monoisotopic (exact) mass is 376 g/mol. The molecule has 0 unspecified atom stereocenters. The Morgan fingerprint density at radius 2 is 1.78 bits per heavy atom. The van der Waals surface area contributed by atoms with Crippen molar-refractivity contribution in [2.24, 2.45) is 0 Å². The summed E-state index contributed by atoms with van der Waals surface area (Å²) in [6, 6.07) is 6.72. The van der Waals surface area contributed by atoms with Crippen LogP contribution < -0.4 is 20.6 Å². The van der Waals surface area contributed by atoms with Gasteiger partial charge in [-0.05, 0) is 19.9 Å². The number of nitrogens with one attached hydrogen (secondary N) is 2. The Kier molecular flexibility index (Phi) is 4.23. The lowest BCUT2D eigenvalue weighted by atomic mass is 10.0. The summed E-state index contributed by atoms with van der Waals surface area (Å²) >= 11 is 0. The second-order valence-electron chi connectivity index (χ2n) is 6.14. The molecule has 1 aliphatic rings. The van der Waals surface area contributed by atoms with E-state index in [-0.39, 0.29) is 5.56 Å². The minimum atomic E-state index is -2.88. The van der Waals surface area contributed by atoms with Gasteiger partial charge >= 0.3 is 0 Å². The number of halogens is 3. The van der Waals surface area contributed by atoms with E-state index in [1.165, 1.54) is 12.1 Å². The van der Waals surface area contributed by atoms with Gasteiger partial charge in [0.1, 0.15) is 17.5 Å². The molecule has 2 heterocycles. The van der Waals surface area contributed by atoms with Crippen LogP contribution in [0, 0.1) is 12.7 Å². The molecule has 0 amide bonds. The third-order valence-corrected chi connectivity index (χ3v) is 4.29. The second kappa shape index (κ2) is 6.58. The first kappa shape index (κ1) is 17.3. The highest BCUT2D eigenvalue weighted by molar-refractivity contribution is 5.92. The smallest absolute Gasteiger partial charge is 0.266 e. The largest absolute Gasteiger partial charge is 0.370 e. The molecule has 27 heavy (non-hydrogen) atoms. The van der Waals surface area contributed by atoms with Crippen molar-refractivity contribution in [3.05, 3.63) is 53.1 Å². The fraction of sp³-hybridized carbons (Fsp3) is 0.222. The average Bonchev–Trinajstić information content (AvgIpc) is 3.07. The Labute approximate surface area is 152 Å². The molecule has 2 N–H and O–H groups in total. The van der Waals surface area contributed by atoms with Gasteiger partial charge in [-0.2, -0.15) is 0 Å². The number of benzene rings is 2. The van der Waals surface area contributed by atoms with E-state index in [0.717, 1.165) is 6.07 Å². The lowest BCUT2D eigenvalue weighted by Crippen LogP contribution is -2.14. The molecule has 0 aliphatic carbocycles. The maximum atomic E-state index is 14.5. The molecule has 1 aliphatic heterocycles. The molecule has 0 fully saturated rings. The third kappa shape index (κ3) is 3.10. The first-order valence-electron chi connectivity index (χ1n) is 8.18. The van der Waals surface area contributed by atoms with Crippen molar-refractivity contribution in [2.45, 2.75) is 26.3 Å². The van der Waals surface area contributed by atoms with E-state index in [9.17, 15) is 13.2 Å². The number of alkyl halides is 2. The lowest BCUT2D eigenvalue weighted by molar-refractivity contribution is 0.0260. The SMILES string of the molecule is Cc1nc(N[C@H](C)c2cccc(C(F)F)c2F)c2cc3c(cc2n1)ONO3. The molecule has 9 heteroatoms. The summed E-state index contributed by atoms with van der Waals surface area (Å²) < 4.78 is 40.4. The number of anilines is 1. The van der Waals surface area contributed by atoms with Gasteiger partial charge in [0.05, 0.1) is 17.1 Å². The molecule has 0 saturated carbocycles. The summed E-state index contributed by atoms with van der Waals surface area (Å²) in [6.45, 7) is 3.39. The van der Waals surface area contributed by atoms with E-state index in [1.54, 1.807) is 26.0 Å². The number of aromatic nitrogens is 2. The van der Waals surface area contributed by atoms with Crippen molar-refractivity contribution in [3.8, 4) is 11.5 Å². The Balaban J connectivity index is 1.74. The first-order valence-corrected chi connectivity index (χ1v) is 8.18. The van der Waals surface area contributed by atoms with Crippen molar-refractivity contribution < 1.29 is 22.8 Å². The van der Waals surface area contributed by atoms with E-state index in [1.807, 2.05) is 0 Å². The van der Waals surface area contributed by atoms with Crippen molar-refractivity contribution in [1.82, 2.24) is 15.6 Å². The number of fused-ring (bicyclic) bond motifs is 2. The molecule has 0 spiro atoms. The maximum absolute atomic E-state index is 14.5. The van der Waals surface area contributed by atoms with Crippen LogP contribution in [0.4, 0.5) is 19.0 Å². The number of aryl methyl sites for hydroxylation is 1. The lowest BCUT2D eigenvalue weighted by Gasteiger charge is -2.18. The minimum absolute atomic E-state index is 0.125. The summed E-state index contributed by atoms with van der Waals surface area (Å²) in [7, 11) is 0. The van der Waals surface area contributed by atoms with E-state index >= 15 is 0 Å². The molecule has 0 bridgehead atoms. The fourth-order valence-electron chi connectivity index (χ4n) is 2.99. The standard InChI is InChI=1S/C18H15F3N4O2/c1-8(10-4-3-5-11(16(10)19)17(20)21)22-18-12-6-14-15(27-25-26-14)7-13(12)23-9(2)24-18/h3-8,17,25H,1-2H3,(H,22,23,24)/t8-/m1/s1. The summed E-state index contributed by atoms with van der Waals surface area (Å²) in [5.41, 5.74) is 2.40. The molecule has 1 atom stereocenters. The van der Waals surface area contributed by atoms with Crippen LogP contribution >= 0.6 is 0 Å². The summed E-state index contributed by atoms with van der Waals surface area (Å²) in [4.78, 5) is 19.0. The molecule has 4 rings (SSSR count). The molecule has 2 aromatic carbocycles. The van der Waals surface area contributed by atoms with Gasteiger partial charge < -0.3 is 15.0 Å². The number of hydrogen-bond acceptors (Lipinski definition) is 6. The van der Waals surface area contributed by atoms with Crippen LogP contribution in [-0.2, 0) is 0 Å². The first-order chi connectivity index (χ1) is 12.9. The van der Waals surface area contributed by atoms with Crippen LogP contribution in [0.3, 0.4) is 0 Å². The van der Waals surface area contributed by atoms with Gasteiger partial charge in [-0.25, -0.2) is 23.1 Å². The summed E-state index contributed by atoms with van der Waals surface area (Å²) in [5, 5.41) is 3.72. The van der Waals surface area contributed by atoms with Crippen molar-refractivity contribution >= 4 is 16.7 Å². The fourth-order valence-corrected chi connectivity index (χ4v) is 2.99. The topological polar surface area (TPSA) is 68.3 Å². The highest BCUT2D eigenvalue weighted by Crippen LogP contribution is 2.37. The van der Waals surface area contributed by atoms with E-state index in [0.29, 0.717) is 34.0 Å². The molecule has 6 nitrogen and oxygen atoms in total. The Morgan fingerprint density at radius 3 is 2.52 bits per heavy atom. The minimum Gasteiger partial charge on any atom is -0.370 e. The van der Waals surface area contributed by atoms with E-state index in [4.69, 9.17) is 9.68 Å². The number of hydrogen-bond donors (Lipinski definition) is 2. The quantitative estimate of drug-likeness (QED) is 0.704. The van der Waals surface area contributed by atoms with Crippen molar-refractivity contribution in [2.75, 3.05) is 5.32 Å². The summed E-state index contributed by atoms with van der Waals surface area (Å²) in [6.07, 6.45) is -2.88. The predicted molar refractivity (Wildman–Crippen MR) is 92.1 cm³/mol. The molecule has 3 aromatic rings. The van der Waals surface area contributed by atoms with Crippen LogP contribution in [0.15, 0.2) is 30.3 Å². The maximum Gasteiger partial charge on any atom is 0.266 e. The molecule has 1 aromatic heterocycles. The van der Waals surface area contributed by atoms with Gasteiger partial charge in [0.2, 0.25) is 0 Å². The average molecular weight is 376 g/mol. The van der Waals surface area contributed by atoms with Gasteiger partial charge in [0, 0.05) is 22.7 Å². The zero-order chi connectivity index (χ0) is 19.1. The number of rotatable bonds is 4. The van der Waals surface area contributed by atoms with Crippen LogP contribution in [0.1, 0.15) is 36.3 Å². The van der Waals surface area contributed by atoms with Crippen LogP contribution in [0.5, 0.6) is 11.5 Å². The highest BCUT2D eigenvalue weighted by Gasteiger charge is 2.22. The summed E-state index contributed by atoms with van der Waals surface area (Å²) in [5.74, 6) is 0.937. The predicted octanol–water partition coefficient (Wildman–Crippen LogP) is 4.38. The van der Waals surface area contributed by atoms with Gasteiger partial charge in [0.15, 0.2) is 11.5 Å². The Hall–Kier alpha value is -3.07. The zero-order valence-electron chi connectivity index (χ0n) is 14.4. The molecule has 0 radical (unpaired) electrons. The highest BCUT2D eigenvalue weighted by atomic mass is 19.3. The zero-order valence-corrected chi connectivity index (χ0v) is 14.4. The second-order valence-corrected chi connectivity index (χ2v) is 6.14. The van der Waals surface area contributed by atoms with Gasteiger partial charge in [-0.1, -0.05) is 18.2 Å². The van der Waals surface area contributed by atoms with Gasteiger partial charge in [0.25, 0.3) is 6.43 Å². The number of nitrogens with zero attached hydrogens (tertiary/aromatic N) is 2. The van der Waals surface area contributed by atoms with E-state index < -0.39 is 23.8 Å². The third-order valence-electron chi connectivity index (χ3n) is 4.29. The molecule has 0 saturated heterocycles. The van der Waals surface area contributed by atoms with E-state index in [2.05, 4.69) is 20.9 Å². The van der Waals surface area contributed by atoms with Crippen LogP contribution in [0.25, 0.3) is 10.9 Å². The van der Waals surface area contributed by atoms with Crippen LogP contribution in [-0.4, -0.2) is 9.97 Å².